The van der Waals surface area contributed by atoms with E-state index in [1.54, 1.807) is 6.08 Å². The van der Waals surface area contributed by atoms with Gasteiger partial charge in [-0.05, 0) is 6.08 Å². The first-order chi connectivity index (χ1) is 2.91. The van der Waals surface area contributed by atoms with Gasteiger partial charge >= 0.3 is 0 Å². The summed E-state index contributed by atoms with van der Waals surface area (Å²) in [5.74, 6) is 0. The maximum absolute atomic E-state index is 3.38. The molecule has 0 N–H and O–H groups in total. The Labute approximate surface area is 41.4 Å². The topological polar surface area (TPSA) is 0 Å². The van der Waals surface area contributed by atoms with Crippen molar-refractivity contribution < 1.29 is 0 Å². The monoisotopic (exact) mass is 96.0 g/mol. The molecule has 0 saturated heterocycles. The van der Waals surface area contributed by atoms with Gasteiger partial charge in [0.1, 0.15) is 0 Å². The second kappa shape index (κ2) is 4.70. The largest absolute Gasteiger partial charge is 0.0912 e. The molecule has 0 rings (SSSR count). The average molecular weight is 96.2 g/mol. The minimum absolute atomic E-state index is 0.00506. The van der Waals surface area contributed by atoms with Crippen molar-refractivity contribution in [2.75, 3.05) is 0 Å². The quantitative estimate of drug-likeness (QED) is 0.347. The van der Waals surface area contributed by atoms with Crippen molar-refractivity contribution in [1.82, 2.24) is 0 Å². The Kier molecular flexibility index (Phi) is 4.46. The van der Waals surface area contributed by atoms with Gasteiger partial charge in [0.05, 0.1) is 9.52 Å². The van der Waals surface area contributed by atoms with Gasteiger partial charge in [-0.25, -0.2) is 0 Å². The van der Waals surface area contributed by atoms with Gasteiger partial charge in [-0.15, -0.1) is 0 Å². The van der Waals surface area contributed by atoms with Crippen LogP contribution in [0.1, 0.15) is 0 Å². The van der Waals surface area contributed by atoms with Crippen LogP contribution in [-0.4, -0.2) is 9.52 Å². The predicted molar refractivity (Wildman–Crippen MR) is 31.1 cm³/mol. The second-order valence-electron chi connectivity index (χ2n) is 0.906. The molecule has 0 atom stereocenters. The van der Waals surface area contributed by atoms with Gasteiger partial charge in [-0.2, -0.15) is 0 Å². The van der Waals surface area contributed by atoms with Gasteiger partial charge in [-0.1, -0.05) is 24.9 Å². The van der Waals surface area contributed by atoms with E-state index in [1.165, 1.54) is 0 Å². The summed E-state index contributed by atoms with van der Waals surface area (Å²) in [5, 5.41) is 0. The van der Waals surface area contributed by atoms with E-state index in [-0.39, 0.29) is 9.52 Å². The first-order valence-corrected chi connectivity index (χ1v) is 4.11. The number of hydrogen-bond donors (Lipinski definition) is 0. The smallest absolute Gasteiger partial charge is 0.0515 e. The molecular weight excluding hydrogens is 88.1 g/mol. The van der Waals surface area contributed by atoms with Gasteiger partial charge in [-0.3, -0.25) is 0 Å². The maximum Gasteiger partial charge on any atom is 0.0515 e. The zero-order valence-electron chi connectivity index (χ0n) is 3.99. The van der Waals surface area contributed by atoms with Crippen LogP contribution in [0, 0.1) is 11.8 Å². The van der Waals surface area contributed by atoms with Crippen molar-refractivity contribution in [3.63, 3.8) is 0 Å². The summed E-state index contributed by atoms with van der Waals surface area (Å²) in [6.45, 7) is 5.54. The van der Waals surface area contributed by atoms with Crippen molar-refractivity contribution in [3.8, 4) is 0 Å². The third kappa shape index (κ3) is 3.70. The molecule has 0 spiro atoms. The molecule has 0 aromatic carbocycles. The first-order valence-electron chi connectivity index (χ1n) is 1.99. The lowest BCUT2D eigenvalue weighted by molar-refractivity contribution is 1.94. The molecule has 0 heterocycles. The molecule has 0 aliphatic heterocycles. The lowest BCUT2D eigenvalue weighted by Crippen LogP contribution is -1.67. The number of allylic oxidation sites excluding steroid dienone is 2. The van der Waals surface area contributed by atoms with E-state index in [1.807, 2.05) is 0 Å². The molecule has 0 aliphatic rings. The molecule has 2 radical (unpaired) electrons. The molecule has 0 bridgehead atoms. The molecule has 6 heavy (non-hydrogen) atoms. The zero-order valence-corrected chi connectivity index (χ0v) is 5.41. The summed E-state index contributed by atoms with van der Waals surface area (Å²) >= 11 is 0. The van der Waals surface area contributed by atoms with E-state index in [9.17, 15) is 0 Å². The summed E-state index contributed by atoms with van der Waals surface area (Å²) in [6.07, 6.45) is 4.37. The lowest BCUT2D eigenvalue weighted by Gasteiger charge is -1.64. The Morgan fingerprint density at radius 1 is 1.83 bits per heavy atom. The van der Waals surface area contributed by atoms with Gasteiger partial charge in [0.2, 0.25) is 0 Å². The minimum atomic E-state index is -0.00506. The maximum atomic E-state index is 3.38. The summed E-state index contributed by atoms with van der Waals surface area (Å²) < 4.78 is 0. The number of hydrogen-bond acceptors (Lipinski definition) is 0. The van der Waals surface area contributed by atoms with Crippen molar-refractivity contribution in [2.24, 2.45) is 0 Å². The van der Waals surface area contributed by atoms with Crippen molar-refractivity contribution in [3.05, 3.63) is 24.4 Å². The summed E-state index contributed by atoms with van der Waals surface area (Å²) in [7, 11) is -0.00506. The molecule has 32 valence electrons. The third-order valence-electron chi connectivity index (χ3n) is 0.408. The van der Waals surface area contributed by atoms with Crippen molar-refractivity contribution >= 4 is 9.52 Å². The SMILES string of the molecule is C=[C]/C=[C]\[SiH2]C. The minimum Gasteiger partial charge on any atom is -0.0912 e. The fraction of sp³-hybridized carbons (Fsp3) is 0.200. The fourth-order valence-electron chi connectivity index (χ4n) is 0.174. The summed E-state index contributed by atoms with van der Waals surface area (Å²) in [5.41, 5.74) is 3.04. The fourth-order valence-corrected chi connectivity index (χ4v) is 0.523. The Balaban J connectivity index is 2.94. The van der Waals surface area contributed by atoms with Crippen LogP contribution in [0.25, 0.3) is 0 Å². The molecular formula is C5H8Si. The molecule has 0 aromatic heterocycles. The molecule has 0 aromatic rings. The predicted octanol–water partition coefficient (Wildman–Crippen LogP) is 0.509. The summed E-state index contributed by atoms with van der Waals surface area (Å²) in [4.78, 5) is 0. The van der Waals surface area contributed by atoms with Crippen LogP contribution in [0.3, 0.4) is 0 Å². The van der Waals surface area contributed by atoms with E-state index in [0.29, 0.717) is 0 Å². The highest BCUT2D eigenvalue weighted by Gasteiger charge is 1.59. The summed E-state index contributed by atoms with van der Waals surface area (Å²) in [6, 6.07) is 0. The van der Waals surface area contributed by atoms with E-state index in [4.69, 9.17) is 0 Å². The van der Waals surface area contributed by atoms with Crippen LogP contribution in [0.15, 0.2) is 12.7 Å². The standard InChI is InChI=1S/C5H8Si/c1-3-4-5-6-2/h4H,1,6H2,2H3. The van der Waals surface area contributed by atoms with E-state index in [0.717, 1.165) is 0 Å². The molecule has 0 aliphatic carbocycles. The Morgan fingerprint density at radius 2 is 2.50 bits per heavy atom. The molecule has 0 unspecified atom stereocenters. The van der Waals surface area contributed by atoms with Gasteiger partial charge in [0, 0.05) is 0 Å². The van der Waals surface area contributed by atoms with E-state index < -0.39 is 0 Å². The second-order valence-corrected chi connectivity index (χ2v) is 2.02. The normalized spacial score (nSPS) is 11.5. The highest BCUT2D eigenvalue weighted by Crippen LogP contribution is 1.63. The molecule has 0 amide bonds. The molecule has 0 saturated carbocycles. The van der Waals surface area contributed by atoms with Crippen LogP contribution < -0.4 is 0 Å². The van der Waals surface area contributed by atoms with Crippen molar-refractivity contribution in [2.45, 2.75) is 6.55 Å². The van der Waals surface area contributed by atoms with Crippen LogP contribution in [0.5, 0.6) is 0 Å². The van der Waals surface area contributed by atoms with Crippen LogP contribution in [-0.2, 0) is 0 Å². The Hall–Kier alpha value is -0.303. The van der Waals surface area contributed by atoms with E-state index in [2.05, 4.69) is 24.9 Å². The van der Waals surface area contributed by atoms with Gasteiger partial charge < -0.3 is 0 Å². The number of rotatable bonds is 2. The third-order valence-corrected chi connectivity index (χ3v) is 1.02. The van der Waals surface area contributed by atoms with Crippen molar-refractivity contribution in [1.29, 1.82) is 0 Å². The first kappa shape index (κ1) is 5.70. The average Bonchev–Trinajstić information content (AvgIpc) is 1.61. The molecule has 0 fully saturated rings. The molecule has 1 heteroatoms. The van der Waals surface area contributed by atoms with Gasteiger partial charge in [0.15, 0.2) is 0 Å². The Morgan fingerprint density at radius 3 is 2.67 bits per heavy atom. The Bertz CT molecular complexity index is 55.0. The molecule has 0 nitrogen and oxygen atoms in total. The van der Waals surface area contributed by atoms with Crippen LogP contribution in [0.2, 0.25) is 6.55 Å². The highest BCUT2D eigenvalue weighted by molar-refractivity contribution is 6.37. The van der Waals surface area contributed by atoms with Gasteiger partial charge in [0.25, 0.3) is 0 Å². The van der Waals surface area contributed by atoms with Crippen LogP contribution >= 0.6 is 0 Å². The highest BCUT2D eigenvalue weighted by atomic mass is 28.2. The van der Waals surface area contributed by atoms with Crippen LogP contribution in [0.4, 0.5) is 0 Å². The van der Waals surface area contributed by atoms with E-state index >= 15 is 0 Å². The zero-order chi connectivity index (χ0) is 4.83. The lowest BCUT2D eigenvalue weighted by atomic mass is 10.6.